The zero-order valence-corrected chi connectivity index (χ0v) is 13.6. The van der Waals surface area contributed by atoms with Gasteiger partial charge in [0.1, 0.15) is 5.60 Å². The molecular formula is C15H28N2O4. The lowest BCUT2D eigenvalue weighted by molar-refractivity contribution is -0.137. The Balaban J connectivity index is 1.93. The quantitative estimate of drug-likeness (QED) is 0.835. The van der Waals surface area contributed by atoms with E-state index in [1.807, 2.05) is 20.8 Å². The molecule has 0 bridgehead atoms. The van der Waals surface area contributed by atoms with Crippen LogP contribution in [0, 0.1) is 0 Å². The van der Waals surface area contributed by atoms with Crippen molar-refractivity contribution in [3.05, 3.63) is 0 Å². The van der Waals surface area contributed by atoms with Gasteiger partial charge in [-0.3, -0.25) is 0 Å². The number of hydrogen-bond donors (Lipinski definition) is 1. The van der Waals surface area contributed by atoms with Crippen LogP contribution in [0.25, 0.3) is 0 Å². The molecule has 6 heteroatoms. The maximum absolute atomic E-state index is 12.1. The van der Waals surface area contributed by atoms with E-state index in [2.05, 4.69) is 5.32 Å². The molecule has 1 N–H and O–H groups in total. The Labute approximate surface area is 127 Å². The molecule has 2 aliphatic rings. The standard InChI is InChI=1S/C15H28N2O4/c1-14(2,3)21-13(18)17-8-5-15(6-9-17)12(11-19-4)16-7-10-20-15/h12,16H,5-11H2,1-4H3. The first-order valence-corrected chi connectivity index (χ1v) is 7.70. The predicted octanol–water partition coefficient (Wildman–Crippen LogP) is 1.39. The van der Waals surface area contributed by atoms with E-state index in [4.69, 9.17) is 14.2 Å². The van der Waals surface area contributed by atoms with E-state index in [0.29, 0.717) is 26.3 Å². The van der Waals surface area contributed by atoms with Gasteiger partial charge < -0.3 is 24.4 Å². The number of rotatable bonds is 2. The molecule has 0 radical (unpaired) electrons. The third-order valence-electron chi connectivity index (χ3n) is 4.11. The number of hydrogen-bond acceptors (Lipinski definition) is 5. The van der Waals surface area contributed by atoms with Gasteiger partial charge in [0.25, 0.3) is 0 Å². The maximum Gasteiger partial charge on any atom is 0.410 e. The van der Waals surface area contributed by atoms with Crippen LogP contribution in [-0.4, -0.2) is 68.2 Å². The number of carbonyl (C=O) groups is 1. The SMILES string of the molecule is COCC1NCCOC12CCN(C(=O)OC(C)(C)C)CC2. The topological polar surface area (TPSA) is 60.0 Å². The fourth-order valence-corrected chi connectivity index (χ4v) is 3.04. The van der Waals surface area contributed by atoms with Crippen molar-refractivity contribution in [2.24, 2.45) is 0 Å². The second kappa shape index (κ2) is 6.50. The number of likely N-dealkylation sites (tertiary alicyclic amines) is 1. The molecule has 1 unspecified atom stereocenters. The molecule has 0 saturated carbocycles. The Morgan fingerprint density at radius 2 is 2.05 bits per heavy atom. The molecule has 122 valence electrons. The van der Waals surface area contributed by atoms with E-state index in [0.717, 1.165) is 19.4 Å². The van der Waals surface area contributed by atoms with E-state index in [-0.39, 0.29) is 17.7 Å². The lowest BCUT2D eigenvalue weighted by Gasteiger charge is -2.48. The van der Waals surface area contributed by atoms with Crippen LogP contribution in [0.15, 0.2) is 0 Å². The first-order valence-electron chi connectivity index (χ1n) is 7.70. The Hall–Kier alpha value is -0.850. The lowest BCUT2D eigenvalue weighted by Crippen LogP contribution is -2.64. The van der Waals surface area contributed by atoms with E-state index >= 15 is 0 Å². The monoisotopic (exact) mass is 300 g/mol. The van der Waals surface area contributed by atoms with Gasteiger partial charge in [0, 0.05) is 26.7 Å². The molecule has 2 saturated heterocycles. The molecule has 2 rings (SSSR count). The molecule has 0 aromatic heterocycles. The van der Waals surface area contributed by atoms with Crippen molar-refractivity contribution in [2.45, 2.75) is 50.9 Å². The van der Waals surface area contributed by atoms with Crippen molar-refractivity contribution in [2.75, 3.05) is 40.0 Å². The van der Waals surface area contributed by atoms with Gasteiger partial charge in [-0.25, -0.2) is 4.79 Å². The molecular weight excluding hydrogens is 272 g/mol. The first kappa shape index (κ1) is 16.5. The fourth-order valence-electron chi connectivity index (χ4n) is 3.04. The summed E-state index contributed by atoms with van der Waals surface area (Å²) >= 11 is 0. The summed E-state index contributed by atoms with van der Waals surface area (Å²) in [6, 6.07) is 0.192. The number of carbonyl (C=O) groups excluding carboxylic acids is 1. The number of amides is 1. The Morgan fingerprint density at radius 3 is 2.62 bits per heavy atom. The van der Waals surface area contributed by atoms with Gasteiger partial charge in [0.15, 0.2) is 0 Å². The van der Waals surface area contributed by atoms with Gasteiger partial charge >= 0.3 is 6.09 Å². The Kier molecular flexibility index (Phi) is 5.11. The molecule has 0 aromatic carbocycles. The summed E-state index contributed by atoms with van der Waals surface area (Å²) < 4.78 is 16.8. The fraction of sp³-hybridized carbons (Fsp3) is 0.933. The second-order valence-corrected chi connectivity index (χ2v) is 6.84. The second-order valence-electron chi connectivity index (χ2n) is 6.84. The molecule has 1 atom stereocenters. The zero-order chi connectivity index (χ0) is 15.5. The van der Waals surface area contributed by atoms with E-state index in [9.17, 15) is 4.79 Å². The maximum atomic E-state index is 12.1. The molecule has 2 heterocycles. The van der Waals surface area contributed by atoms with Gasteiger partial charge in [-0.05, 0) is 33.6 Å². The summed E-state index contributed by atoms with van der Waals surface area (Å²) in [5.74, 6) is 0. The van der Waals surface area contributed by atoms with Crippen LogP contribution in [0.4, 0.5) is 4.79 Å². The van der Waals surface area contributed by atoms with Crippen LogP contribution in [0.2, 0.25) is 0 Å². The van der Waals surface area contributed by atoms with Crippen molar-refractivity contribution in [1.82, 2.24) is 10.2 Å². The van der Waals surface area contributed by atoms with E-state index < -0.39 is 5.60 Å². The highest BCUT2D eigenvalue weighted by Crippen LogP contribution is 2.32. The molecule has 2 aliphatic heterocycles. The summed E-state index contributed by atoms with van der Waals surface area (Å²) in [5.41, 5.74) is -0.666. The van der Waals surface area contributed by atoms with Crippen molar-refractivity contribution < 1.29 is 19.0 Å². The van der Waals surface area contributed by atoms with E-state index in [1.54, 1.807) is 12.0 Å². The first-order chi connectivity index (χ1) is 9.86. The molecule has 0 aliphatic carbocycles. The number of piperidine rings is 1. The molecule has 6 nitrogen and oxygen atoms in total. The smallest absolute Gasteiger partial charge is 0.410 e. The van der Waals surface area contributed by atoms with Gasteiger partial charge in [0.2, 0.25) is 0 Å². The third kappa shape index (κ3) is 4.08. The molecule has 21 heavy (non-hydrogen) atoms. The molecule has 1 amide bonds. The zero-order valence-electron chi connectivity index (χ0n) is 13.6. The average Bonchev–Trinajstić information content (AvgIpc) is 2.41. The average molecular weight is 300 g/mol. The summed E-state index contributed by atoms with van der Waals surface area (Å²) in [5, 5.41) is 3.48. The normalized spacial score (nSPS) is 25.9. The van der Waals surface area contributed by atoms with Crippen LogP contribution in [-0.2, 0) is 14.2 Å². The molecule has 2 fully saturated rings. The van der Waals surface area contributed by atoms with Crippen LogP contribution in [0.5, 0.6) is 0 Å². The predicted molar refractivity (Wildman–Crippen MR) is 79.4 cm³/mol. The van der Waals surface area contributed by atoms with E-state index in [1.165, 1.54) is 0 Å². The van der Waals surface area contributed by atoms with Crippen LogP contribution in [0.1, 0.15) is 33.6 Å². The number of nitrogens with one attached hydrogen (secondary N) is 1. The minimum atomic E-state index is -0.451. The summed E-state index contributed by atoms with van der Waals surface area (Å²) in [6.07, 6.45) is 1.39. The molecule has 1 spiro atoms. The van der Waals surface area contributed by atoms with Crippen molar-refractivity contribution >= 4 is 6.09 Å². The van der Waals surface area contributed by atoms with Crippen molar-refractivity contribution in [3.8, 4) is 0 Å². The Bertz CT molecular complexity index is 357. The summed E-state index contributed by atoms with van der Waals surface area (Å²) in [7, 11) is 1.71. The molecule has 0 aromatic rings. The van der Waals surface area contributed by atoms with Gasteiger partial charge in [0.05, 0.1) is 24.9 Å². The number of morpholine rings is 1. The van der Waals surface area contributed by atoms with Gasteiger partial charge in [-0.1, -0.05) is 0 Å². The van der Waals surface area contributed by atoms with Crippen molar-refractivity contribution in [3.63, 3.8) is 0 Å². The highest BCUT2D eigenvalue weighted by atomic mass is 16.6. The third-order valence-corrected chi connectivity index (χ3v) is 4.11. The Morgan fingerprint density at radius 1 is 1.38 bits per heavy atom. The number of methoxy groups -OCH3 is 1. The highest BCUT2D eigenvalue weighted by molar-refractivity contribution is 5.68. The summed E-state index contributed by atoms with van der Waals surface area (Å²) in [6.45, 7) is 9.19. The van der Waals surface area contributed by atoms with Crippen molar-refractivity contribution in [1.29, 1.82) is 0 Å². The van der Waals surface area contributed by atoms with Gasteiger partial charge in [-0.15, -0.1) is 0 Å². The number of ether oxygens (including phenoxy) is 3. The highest BCUT2D eigenvalue weighted by Gasteiger charge is 2.45. The number of nitrogens with zero attached hydrogens (tertiary/aromatic N) is 1. The minimum Gasteiger partial charge on any atom is -0.444 e. The largest absolute Gasteiger partial charge is 0.444 e. The van der Waals surface area contributed by atoms with Crippen LogP contribution >= 0.6 is 0 Å². The lowest BCUT2D eigenvalue weighted by atomic mass is 9.83. The minimum absolute atomic E-state index is 0.192. The van der Waals surface area contributed by atoms with Crippen LogP contribution < -0.4 is 5.32 Å². The summed E-state index contributed by atoms with van der Waals surface area (Å²) in [4.78, 5) is 13.9. The van der Waals surface area contributed by atoms with Crippen LogP contribution in [0.3, 0.4) is 0 Å². The van der Waals surface area contributed by atoms with Gasteiger partial charge in [-0.2, -0.15) is 0 Å².